The zero-order valence-electron chi connectivity index (χ0n) is 13.4. The van der Waals surface area contributed by atoms with Gasteiger partial charge in [-0.15, -0.1) is 0 Å². The number of ether oxygens (including phenoxy) is 2. The molecule has 0 heterocycles. The largest absolute Gasteiger partial charge is 0.493 e. The summed E-state index contributed by atoms with van der Waals surface area (Å²) < 4.78 is 10.8. The lowest BCUT2D eigenvalue weighted by Crippen LogP contribution is -2.35. The van der Waals surface area contributed by atoms with Crippen molar-refractivity contribution in [2.45, 2.75) is 19.9 Å². The number of rotatable bonds is 9. The van der Waals surface area contributed by atoms with Gasteiger partial charge < -0.3 is 14.8 Å². The number of carbonyl (C=O) groups is 1. The molecule has 1 amide bonds. The van der Waals surface area contributed by atoms with Gasteiger partial charge in [0.1, 0.15) is 0 Å². The van der Waals surface area contributed by atoms with Crippen molar-refractivity contribution in [3.63, 3.8) is 0 Å². The number of benzene rings is 1. The minimum atomic E-state index is -0.0874. The SMILES string of the molecule is CCOc1ccc(CN(C)CC(=O)NCCC#N)cc1OC. The minimum absolute atomic E-state index is 0.0874. The highest BCUT2D eigenvalue weighted by atomic mass is 16.5. The maximum atomic E-state index is 11.7. The second-order valence-corrected chi connectivity index (χ2v) is 4.85. The third-order valence-corrected chi connectivity index (χ3v) is 2.95. The standard InChI is InChI=1S/C16H23N3O3/c1-4-22-14-7-6-13(10-15(14)21-3)11-19(2)12-16(20)18-9-5-8-17/h6-7,10H,4-5,9,11-12H2,1-3H3,(H,18,20). The Morgan fingerprint density at radius 2 is 2.18 bits per heavy atom. The zero-order chi connectivity index (χ0) is 16.4. The van der Waals surface area contributed by atoms with Gasteiger partial charge >= 0.3 is 0 Å². The van der Waals surface area contributed by atoms with E-state index in [0.29, 0.717) is 37.6 Å². The number of hydrogen-bond acceptors (Lipinski definition) is 5. The number of amides is 1. The quantitative estimate of drug-likeness (QED) is 0.701. The lowest BCUT2D eigenvalue weighted by atomic mass is 10.2. The van der Waals surface area contributed by atoms with Crippen LogP contribution in [-0.2, 0) is 11.3 Å². The number of methoxy groups -OCH3 is 1. The summed E-state index contributed by atoms with van der Waals surface area (Å²) in [5.41, 5.74) is 1.03. The summed E-state index contributed by atoms with van der Waals surface area (Å²) >= 11 is 0. The Labute approximate surface area is 131 Å². The molecule has 0 aliphatic carbocycles. The van der Waals surface area contributed by atoms with E-state index in [4.69, 9.17) is 14.7 Å². The summed E-state index contributed by atoms with van der Waals surface area (Å²) in [6.07, 6.45) is 0.325. The highest BCUT2D eigenvalue weighted by Gasteiger charge is 2.09. The molecule has 6 heteroatoms. The Morgan fingerprint density at radius 3 is 2.82 bits per heavy atom. The second kappa shape index (κ2) is 9.64. The van der Waals surface area contributed by atoms with E-state index in [1.54, 1.807) is 7.11 Å². The first-order valence-corrected chi connectivity index (χ1v) is 7.22. The molecule has 1 aromatic rings. The summed E-state index contributed by atoms with van der Waals surface area (Å²) in [7, 11) is 3.47. The number of carbonyl (C=O) groups excluding carboxylic acids is 1. The van der Waals surface area contributed by atoms with Gasteiger partial charge in [0.2, 0.25) is 5.91 Å². The number of nitrogens with zero attached hydrogens (tertiary/aromatic N) is 2. The van der Waals surface area contributed by atoms with E-state index in [1.807, 2.05) is 43.1 Å². The van der Waals surface area contributed by atoms with Gasteiger partial charge in [-0.25, -0.2) is 0 Å². The molecule has 0 fully saturated rings. The van der Waals surface area contributed by atoms with E-state index in [1.165, 1.54) is 0 Å². The van der Waals surface area contributed by atoms with E-state index in [9.17, 15) is 4.79 Å². The molecule has 0 unspecified atom stereocenters. The average molecular weight is 305 g/mol. The van der Waals surface area contributed by atoms with Crippen molar-refractivity contribution < 1.29 is 14.3 Å². The maximum Gasteiger partial charge on any atom is 0.234 e. The van der Waals surface area contributed by atoms with Crippen LogP contribution in [0.1, 0.15) is 18.9 Å². The molecule has 0 bridgehead atoms. The van der Waals surface area contributed by atoms with E-state index in [2.05, 4.69) is 5.32 Å². The Bertz CT molecular complexity index is 526. The Hall–Kier alpha value is -2.26. The lowest BCUT2D eigenvalue weighted by Gasteiger charge is -2.17. The molecule has 0 saturated heterocycles. The predicted octanol–water partition coefficient (Wildman–Crippen LogP) is 1.56. The van der Waals surface area contributed by atoms with Gasteiger partial charge in [-0.05, 0) is 31.7 Å². The van der Waals surface area contributed by atoms with Crippen LogP contribution < -0.4 is 14.8 Å². The molecule has 0 aromatic heterocycles. The first kappa shape index (κ1) is 17.8. The Morgan fingerprint density at radius 1 is 1.41 bits per heavy atom. The molecule has 1 N–H and O–H groups in total. The van der Waals surface area contributed by atoms with Gasteiger partial charge in [0.25, 0.3) is 0 Å². The number of hydrogen-bond donors (Lipinski definition) is 1. The molecule has 120 valence electrons. The second-order valence-electron chi connectivity index (χ2n) is 4.85. The van der Waals surface area contributed by atoms with E-state index in [-0.39, 0.29) is 12.5 Å². The molecule has 0 aliphatic heterocycles. The van der Waals surface area contributed by atoms with Gasteiger partial charge in [-0.1, -0.05) is 6.07 Å². The number of nitriles is 1. The number of likely N-dealkylation sites (N-methyl/N-ethyl adjacent to an activating group) is 1. The molecule has 0 aliphatic rings. The summed E-state index contributed by atoms with van der Waals surface area (Å²) in [4.78, 5) is 13.6. The fourth-order valence-corrected chi connectivity index (χ4v) is 2.01. The van der Waals surface area contributed by atoms with E-state index >= 15 is 0 Å². The van der Waals surface area contributed by atoms with Crippen molar-refractivity contribution >= 4 is 5.91 Å². The molecule has 0 radical (unpaired) electrons. The van der Waals surface area contributed by atoms with Crippen LogP contribution in [0, 0.1) is 11.3 Å². The third-order valence-electron chi connectivity index (χ3n) is 2.95. The summed E-state index contributed by atoms with van der Waals surface area (Å²) in [5.74, 6) is 1.31. The molecule has 0 spiro atoms. The van der Waals surface area contributed by atoms with Crippen LogP contribution in [0.3, 0.4) is 0 Å². The van der Waals surface area contributed by atoms with Crippen molar-refractivity contribution in [2.24, 2.45) is 0 Å². The van der Waals surface area contributed by atoms with Crippen LogP contribution in [0.4, 0.5) is 0 Å². The van der Waals surface area contributed by atoms with Crippen molar-refractivity contribution in [3.05, 3.63) is 23.8 Å². The van der Waals surface area contributed by atoms with Gasteiger partial charge in [0, 0.05) is 13.1 Å². The van der Waals surface area contributed by atoms with Crippen molar-refractivity contribution in [2.75, 3.05) is 33.9 Å². The highest BCUT2D eigenvalue weighted by Crippen LogP contribution is 2.28. The van der Waals surface area contributed by atoms with Crippen LogP contribution in [0.5, 0.6) is 11.5 Å². The predicted molar refractivity (Wildman–Crippen MR) is 83.7 cm³/mol. The normalized spacial score (nSPS) is 10.1. The molecule has 0 atom stereocenters. The van der Waals surface area contributed by atoms with Crippen molar-refractivity contribution in [1.29, 1.82) is 5.26 Å². The van der Waals surface area contributed by atoms with Gasteiger partial charge in [-0.3, -0.25) is 9.69 Å². The highest BCUT2D eigenvalue weighted by molar-refractivity contribution is 5.77. The first-order valence-electron chi connectivity index (χ1n) is 7.22. The molecule has 1 aromatic carbocycles. The fourth-order valence-electron chi connectivity index (χ4n) is 2.01. The van der Waals surface area contributed by atoms with Crippen LogP contribution in [0.25, 0.3) is 0 Å². The third kappa shape index (κ3) is 6.02. The van der Waals surface area contributed by atoms with Crippen molar-refractivity contribution in [1.82, 2.24) is 10.2 Å². The van der Waals surface area contributed by atoms with Crippen LogP contribution in [0.2, 0.25) is 0 Å². The van der Waals surface area contributed by atoms with E-state index in [0.717, 1.165) is 5.56 Å². The Balaban J connectivity index is 2.55. The first-order chi connectivity index (χ1) is 10.6. The van der Waals surface area contributed by atoms with Crippen LogP contribution >= 0.6 is 0 Å². The lowest BCUT2D eigenvalue weighted by molar-refractivity contribution is -0.122. The van der Waals surface area contributed by atoms with Gasteiger partial charge in [-0.2, -0.15) is 5.26 Å². The minimum Gasteiger partial charge on any atom is -0.493 e. The van der Waals surface area contributed by atoms with Gasteiger partial charge in [0.15, 0.2) is 11.5 Å². The molecular formula is C16H23N3O3. The van der Waals surface area contributed by atoms with Crippen LogP contribution in [0.15, 0.2) is 18.2 Å². The van der Waals surface area contributed by atoms with Crippen molar-refractivity contribution in [3.8, 4) is 17.6 Å². The number of nitrogens with one attached hydrogen (secondary N) is 1. The van der Waals surface area contributed by atoms with E-state index < -0.39 is 0 Å². The summed E-state index contributed by atoms with van der Waals surface area (Å²) in [5, 5.41) is 11.1. The Kier molecular flexibility index (Phi) is 7.79. The molecule has 1 rings (SSSR count). The monoisotopic (exact) mass is 305 g/mol. The molecular weight excluding hydrogens is 282 g/mol. The topological polar surface area (TPSA) is 74.6 Å². The maximum absolute atomic E-state index is 11.7. The van der Waals surface area contributed by atoms with Gasteiger partial charge in [0.05, 0.1) is 32.8 Å². The summed E-state index contributed by atoms with van der Waals surface area (Å²) in [6, 6.07) is 7.73. The molecule has 22 heavy (non-hydrogen) atoms. The smallest absolute Gasteiger partial charge is 0.234 e. The van der Waals surface area contributed by atoms with Crippen LogP contribution in [-0.4, -0.2) is 44.7 Å². The molecule has 6 nitrogen and oxygen atoms in total. The zero-order valence-corrected chi connectivity index (χ0v) is 13.4. The molecule has 0 saturated carbocycles. The summed E-state index contributed by atoms with van der Waals surface area (Å²) in [6.45, 7) is 3.79. The average Bonchev–Trinajstić information content (AvgIpc) is 2.49. The fraction of sp³-hybridized carbons (Fsp3) is 0.500.